The molecule has 0 aromatic heterocycles. The average Bonchev–Trinajstić information content (AvgIpc) is 2.30. The summed E-state index contributed by atoms with van der Waals surface area (Å²) in [6, 6.07) is 10.6. The van der Waals surface area contributed by atoms with Crippen LogP contribution in [0.5, 0.6) is 0 Å². The van der Waals surface area contributed by atoms with Crippen LogP contribution in [0.15, 0.2) is 30.3 Å². The van der Waals surface area contributed by atoms with Crippen LogP contribution in [0.25, 0.3) is 0 Å². The van der Waals surface area contributed by atoms with Gasteiger partial charge in [0.05, 0.1) is 0 Å². The smallest absolute Gasteiger partial charge is 0.0131 e. The molecular weight excluding hydrogens is 194 g/mol. The van der Waals surface area contributed by atoms with Crippen LogP contribution in [-0.2, 0) is 5.41 Å². The molecule has 0 amide bonds. The van der Waals surface area contributed by atoms with Crippen molar-refractivity contribution in [3.63, 3.8) is 0 Å². The van der Waals surface area contributed by atoms with Gasteiger partial charge in [-0.2, -0.15) is 0 Å². The van der Waals surface area contributed by atoms with Crippen molar-refractivity contribution in [1.29, 1.82) is 0 Å². The third kappa shape index (κ3) is 3.12. The Balaban J connectivity index is 2.67. The lowest BCUT2D eigenvalue weighted by Crippen LogP contribution is -2.40. The van der Waals surface area contributed by atoms with E-state index in [1.807, 2.05) is 6.07 Å². The fourth-order valence-corrected chi connectivity index (χ4v) is 1.87. The van der Waals surface area contributed by atoms with Crippen molar-refractivity contribution in [2.24, 2.45) is 5.73 Å². The molecule has 0 spiro atoms. The first-order valence-electron chi connectivity index (χ1n) is 5.83. The molecule has 0 saturated carbocycles. The molecular formula is C15H21N. The number of unbranched alkanes of at least 4 members (excludes halogenated alkanes) is 1. The topological polar surface area (TPSA) is 26.0 Å². The lowest BCUT2D eigenvalue weighted by molar-refractivity contribution is 0.382. The molecule has 16 heavy (non-hydrogen) atoms. The van der Waals surface area contributed by atoms with E-state index in [2.05, 4.69) is 44.0 Å². The van der Waals surface area contributed by atoms with Crippen molar-refractivity contribution < 1.29 is 0 Å². The zero-order valence-corrected chi connectivity index (χ0v) is 10.2. The summed E-state index contributed by atoms with van der Waals surface area (Å²) >= 11 is 0. The van der Waals surface area contributed by atoms with Crippen LogP contribution in [0.2, 0.25) is 0 Å². The normalized spacial score (nSPS) is 13.1. The van der Waals surface area contributed by atoms with E-state index in [9.17, 15) is 0 Å². The monoisotopic (exact) mass is 215 g/mol. The van der Waals surface area contributed by atoms with E-state index in [1.165, 1.54) is 5.56 Å². The van der Waals surface area contributed by atoms with E-state index in [0.717, 1.165) is 19.3 Å². The number of nitrogens with two attached hydrogens (primary N) is 1. The van der Waals surface area contributed by atoms with Gasteiger partial charge >= 0.3 is 0 Å². The van der Waals surface area contributed by atoms with Crippen molar-refractivity contribution in [3.05, 3.63) is 35.9 Å². The van der Waals surface area contributed by atoms with Gasteiger partial charge in [0.1, 0.15) is 0 Å². The predicted octanol–water partition coefficient (Wildman–Crippen LogP) is 3.10. The molecule has 1 unspecified atom stereocenters. The van der Waals surface area contributed by atoms with Crippen LogP contribution < -0.4 is 5.73 Å². The second kappa shape index (κ2) is 5.72. The van der Waals surface area contributed by atoms with Crippen LogP contribution >= 0.6 is 0 Å². The van der Waals surface area contributed by atoms with Gasteiger partial charge in [0, 0.05) is 17.9 Å². The zero-order valence-electron chi connectivity index (χ0n) is 10.2. The number of rotatable bonds is 5. The van der Waals surface area contributed by atoms with Gasteiger partial charge in [0.15, 0.2) is 0 Å². The van der Waals surface area contributed by atoms with Crippen molar-refractivity contribution in [1.82, 2.24) is 0 Å². The number of benzene rings is 1. The van der Waals surface area contributed by atoms with Gasteiger partial charge in [0.2, 0.25) is 0 Å². The average molecular weight is 215 g/mol. The van der Waals surface area contributed by atoms with Gasteiger partial charge in [0.25, 0.3) is 0 Å². The maximum absolute atomic E-state index is 6.26. The SMILES string of the molecule is C#CCCCC(N)C(C)(C)c1ccccc1. The molecule has 0 fully saturated rings. The quantitative estimate of drug-likeness (QED) is 0.593. The predicted molar refractivity (Wildman–Crippen MR) is 70.1 cm³/mol. The van der Waals surface area contributed by atoms with Gasteiger partial charge < -0.3 is 5.73 Å². The minimum atomic E-state index is 0.00978. The van der Waals surface area contributed by atoms with Crippen LogP contribution in [-0.4, -0.2) is 6.04 Å². The van der Waals surface area contributed by atoms with E-state index in [-0.39, 0.29) is 11.5 Å². The van der Waals surface area contributed by atoms with E-state index in [1.54, 1.807) is 0 Å². The second-order valence-corrected chi connectivity index (χ2v) is 4.79. The summed E-state index contributed by atoms with van der Waals surface area (Å²) in [6.07, 6.45) is 8.05. The molecule has 1 nitrogen and oxygen atoms in total. The van der Waals surface area contributed by atoms with Gasteiger partial charge in [-0.25, -0.2) is 0 Å². The van der Waals surface area contributed by atoms with Gasteiger partial charge in [-0.3, -0.25) is 0 Å². The Morgan fingerprint density at radius 3 is 2.50 bits per heavy atom. The number of terminal acetylenes is 1. The zero-order chi connectivity index (χ0) is 12.0. The Morgan fingerprint density at radius 2 is 1.94 bits per heavy atom. The highest BCUT2D eigenvalue weighted by atomic mass is 14.7. The highest BCUT2D eigenvalue weighted by Gasteiger charge is 2.27. The fourth-order valence-electron chi connectivity index (χ4n) is 1.87. The second-order valence-electron chi connectivity index (χ2n) is 4.79. The Morgan fingerprint density at radius 1 is 1.31 bits per heavy atom. The van der Waals surface area contributed by atoms with Gasteiger partial charge in [-0.05, 0) is 18.4 Å². The first-order valence-corrected chi connectivity index (χ1v) is 5.83. The lowest BCUT2D eigenvalue weighted by atomic mass is 9.76. The molecule has 0 radical (unpaired) electrons. The first kappa shape index (κ1) is 12.8. The number of hydrogen-bond acceptors (Lipinski definition) is 1. The molecule has 0 bridgehead atoms. The summed E-state index contributed by atoms with van der Waals surface area (Å²) in [7, 11) is 0. The molecule has 1 aromatic carbocycles. The molecule has 0 aliphatic carbocycles. The summed E-state index contributed by atoms with van der Waals surface area (Å²) in [5, 5.41) is 0. The standard InChI is InChI=1S/C15H21N/c1-4-5-7-12-14(16)15(2,3)13-10-8-6-9-11-13/h1,6,8-11,14H,5,7,12,16H2,2-3H3. The van der Waals surface area contributed by atoms with Gasteiger partial charge in [-0.1, -0.05) is 44.2 Å². The highest BCUT2D eigenvalue weighted by Crippen LogP contribution is 2.28. The summed E-state index contributed by atoms with van der Waals surface area (Å²) in [5.41, 5.74) is 7.56. The van der Waals surface area contributed by atoms with Crippen molar-refractivity contribution in [2.75, 3.05) is 0 Å². The Hall–Kier alpha value is -1.26. The Kier molecular flexibility index (Phi) is 4.58. The molecule has 0 aliphatic heterocycles. The molecule has 86 valence electrons. The minimum Gasteiger partial charge on any atom is -0.327 e. The van der Waals surface area contributed by atoms with Crippen LogP contribution in [0.4, 0.5) is 0 Å². The summed E-state index contributed by atoms with van der Waals surface area (Å²) < 4.78 is 0. The fraction of sp³-hybridized carbons (Fsp3) is 0.467. The van der Waals surface area contributed by atoms with E-state index in [4.69, 9.17) is 12.2 Å². The van der Waals surface area contributed by atoms with Crippen molar-refractivity contribution in [2.45, 2.75) is 44.6 Å². The van der Waals surface area contributed by atoms with Crippen LogP contribution in [0, 0.1) is 12.3 Å². The van der Waals surface area contributed by atoms with Gasteiger partial charge in [-0.15, -0.1) is 12.3 Å². The van der Waals surface area contributed by atoms with Crippen LogP contribution in [0.3, 0.4) is 0 Å². The Bertz CT molecular complexity index is 345. The van der Waals surface area contributed by atoms with Crippen molar-refractivity contribution >= 4 is 0 Å². The molecule has 0 aliphatic rings. The largest absolute Gasteiger partial charge is 0.327 e. The van der Waals surface area contributed by atoms with Crippen molar-refractivity contribution in [3.8, 4) is 12.3 Å². The molecule has 0 saturated heterocycles. The van der Waals surface area contributed by atoms with Crippen LogP contribution in [0.1, 0.15) is 38.7 Å². The molecule has 1 atom stereocenters. The Labute approximate surface area is 99.1 Å². The molecule has 1 aromatic rings. The summed E-state index contributed by atoms with van der Waals surface area (Å²) in [5.74, 6) is 2.66. The minimum absolute atomic E-state index is 0.00978. The highest BCUT2D eigenvalue weighted by molar-refractivity contribution is 5.25. The third-order valence-corrected chi connectivity index (χ3v) is 3.28. The molecule has 1 heteroatoms. The van der Waals surface area contributed by atoms with E-state index in [0.29, 0.717) is 0 Å². The molecule has 0 heterocycles. The third-order valence-electron chi connectivity index (χ3n) is 3.28. The molecule has 1 rings (SSSR count). The molecule has 2 N–H and O–H groups in total. The maximum atomic E-state index is 6.26. The van der Waals surface area contributed by atoms with E-state index >= 15 is 0 Å². The first-order chi connectivity index (χ1) is 7.59. The summed E-state index contributed by atoms with van der Waals surface area (Å²) in [4.78, 5) is 0. The van der Waals surface area contributed by atoms with E-state index < -0.39 is 0 Å². The number of hydrogen-bond donors (Lipinski definition) is 1. The maximum Gasteiger partial charge on any atom is 0.0131 e. The lowest BCUT2D eigenvalue weighted by Gasteiger charge is -2.32. The summed E-state index contributed by atoms with van der Waals surface area (Å²) in [6.45, 7) is 4.39.